The minimum absolute atomic E-state index is 0.314. The van der Waals surface area contributed by atoms with E-state index in [0.717, 1.165) is 24.8 Å². The second kappa shape index (κ2) is 15.6. The number of rotatable bonds is 17. The number of allylic oxidation sites excluding steroid dienone is 1. The molecule has 0 aliphatic heterocycles. The minimum Gasteiger partial charge on any atom is -0.493 e. The van der Waals surface area contributed by atoms with Gasteiger partial charge in [0.25, 0.3) is 0 Å². The predicted molar refractivity (Wildman–Crippen MR) is 115 cm³/mol. The number of aliphatic hydroxyl groups is 1. The van der Waals surface area contributed by atoms with E-state index in [4.69, 9.17) is 9.47 Å². The lowest BCUT2D eigenvalue weighted by atomic mass is 10.0. The Balaban J connectivity index is 2.12. The minimum atomic E-state index is -0.420. The van der Waals surface area contributed by atoms with Gasteiger partial charge in [-0.15, -0.1) is 6.58 Å². The highest BCUT2D eigenvalue weighted by Crippen LogP contribution is 2.28. The lowest BCUT2D eigenvalue weighted by molar-refractivity contribution is 0.0959. The summed E-state index contributed by atoms with van der Waals surface area (Å²) in [6.07, 6.45) is 16.1. The largest absolute Gasteiger partial charge is 0.493 e. The topological polar surface area (TPSA) is 38.7 Å². The molecule has 0 spiro atoms. The van der Waals surface area contributed by atoms with Gasteiger partial charge in [0.2, 0.25) is 0 Å². The van der Waals surface area contributed by atoms with Crippen molar-refractivity contribution in [1.82, 2.24) is 0 Å². The maximum Gasteiger partial charge on any atom is 0.161 e. The maximum absolute atomic E-state index is 10.2. The van der Waals surface area contributed by atoms with Crippen LogP contribution in [0.2, 0.25) is 0 Å². The monoisotopic (exact) mass is 376 g/mol. The summed E-state index contributed by atoms with van der Waals surface area (Å²) in [4.78, 5) is 0. The maximum atomic E-state index is 10.2. The van der Waals surface area contributed by atoms with Crippen LogP contribution in [0.5, 0.6) is 11.5 Å². The third kappa shape index (κ3) is 11.1. The molecule has 0 heterocycles. The van der Waals surface area contributed by atoms with Crippen LogP contribution in [-0.4, -0.2) is 24.9 Å². The van der Waals surface area contributed by atoms with Crippen LogP contribution in [0, 0.1) is 0 Å². The van der Waals surface area contributed by atoms with Gasteiger partial charge in [0, 0.05) is 0 Å². The number of benzene rings is 1. The Kier molecular flexibility index (Phi) is 13.6. The van der Waals surface area contributed by atoms with Crippen LogP contribution >= 0.6 is 0 Å². The van der Waals surface area contributed by atoms with Gasteiger partial charge in [-0.3, -0.25) is 0 Å². The van der Waals surface area contributed by atoms with Gasteiger partial charge in [0.15, 0.2) is 11.5 Å². The molecular weight excluding hydrogens is 336 g/mol. The molecule has 1 aromatic carbocycles. The second-order valence-electron chi connectivity index (χ2n) is 7.41. The lowest BCUT2D eigenvalue weighted by Crippen LogP contribution is -2.17. The molecule has 0 radical (unpaired) electrons. The Labute approximate surface area is 166 Å². The number of methoxy groups -OCH3 is 1. The van der Waals surface area contributed by atoms with Crippen LogP contribution in [0.1, 0.15) is 83.1 Å². The molecule has 0 amide bonds. The van der Waals surface area contributed by atoms with Crippen LogP contribution in [0.15, 0.2) is 30.9 Å². The zero-order chi connectivity index (χ0) is 19.7. The molecule has 0 bridgehead atoms. The van der Waals surface area contributed by atoms with E-state index >= 15 is 0 Å². The van der Waals surface area contributed by atoms with E-state index in [1.54, 1.807) is 7.11 Å². The smallest absolute Gasteiger partial charge is 0.161 e. The molecule has 3 nitrogen and oxygen atoms in total. The number of hydrogen-bond donors (Lipinski definition) is 1. The Bertz CT molecular complexity index is 498. The Morgan fingerprint density at radius 2 is 1.59 bits per heavy atom. The van der Waals surface area contributed by atoms with Gasteiger partial charge in [0.05, 0.1) is 13.2 Å². The number of ether oxygens (including phenoxy) is 2. The van der Waals surface area contributed by atoms with E-state index in [9.17, 15) is 5.11 Å². The highest BCUT2D eigenvalue weighted by Gasteiger charge is 2.09. The van der Waals surface area contributed by atoms with E-state index in [-0.39, 0.29) is 0 Å². The first-order valence-electron chi connectivity index (χ1n) is 10.8. The first kappa shape index (κ1) is 23.6. The molecule has 1 rings (SSSR count). The normalized spacial score (nSPS) is 12.0. The molecule has 0 fully saturated rings. The van der Waals surface area contributed by atoms with Gasteiger partial charge in [-0.05, 0) is 30.5 Å². The summed E-state index contributed by atoms with van der Waals surface area (Å²) in [5.74, 6) is 1.40. The molecule has 0 aliphatic rings. The molecule has 154 valence electrons. The molecule has 0 saturated heterocycles. The van der Waals surface area contributed by atoms with Gasteiger partial charge in [-0.25, -0.2) is 0 Å². The summed E-state index contributed by atoms with van der Waals surface area (Å²) < 4.78 is 11.2. The predicted octanol–water partition coefficient (Wildman–Crippen LogP) is 6.47. The molecular formula is C24H40O3. The van der Waals surface area contributed by atoms with Crippen LogP contribution < -0.4 is 9.47 Å². The molecule has 3 heteroatoms. The van der Waals surface area contributed by atoms with Crippen molar-refractivity contribution in [2.45, 2.75) is 90.1 Å². The average Bonchev–Trinajstić information content (AvgIpc) is 2.68. The molecule has 0 aliphatic carbocycles. The van der Waals surface area contributed by atoms with Gasteiger partial charge in [-0.2, -0.15) is 0 Å². The van der Waals surface area contributed by atoms with E-state index in [2.05, 4.69) is 13.5 Å². The van der Waals surface area contributed by atoms with Crippen molar-refractivity contribution >= 4 is 0 Å². The lowest BCUT2D eigenvalue weighted by Gasteiger charge is -2.15. The van der Waals surface area contributed by atoms with Gasteiger partial charge >= 0.3 is 0 Å². The van der Waals surface area contributed by atoms with Crippen molar-refractivity contribution in [3.05, 3.63) is 36.4 Å². The van der Waals surface area contributed by atoms with Crippen LogP contribution in [0.4, 0.5) is 0 Å². The first-order chi connectivity index (χ1) is 13.2. The third-order valence-electron chi connectivity index (χ3n) is 4.93. The average molecular weight is 377 g/mol. The Morgan fingerprint density at radius 1 is 0.963 bits per heavy atom. The molecule has 27 heavy (non-hydrogen) atoms. The summed E-state index contributed by atoms with van der Waals surface area (Å²) in [5.41, 5.74) is 1.14. The highest BCUT2D eigenvalue weighted by atomic mass is 16.5. The highest BCUT2D eigenvalue weighted by molar-refractivity contribution is 5.43. The molecule has 1 aromatic rings. The summed E-state index contributed by atoms with van der Waals surface area (Å²) in [5, 5.41) is 10.2. The van der Waals surface area contributed by atoms with Crippen LogP contribution in [0.25, 0.3) is 0 Å². The van der Waals surface area contributed by atoms with Crippen molar-refractivity contribution in [3.8, 4) is 11.5 Å². The first-order valence-corrected chi connectivity index (χ1v) is 10.8. The SMILES string of the molecule is C=CCc1ccc(OCC(O)CCCCCCCCCCCC)c(OC)c1. The number of hydrogen-bond acceptors (Lipinski definition) is 3. The zero-order valence-electron chi connectivity index (χ0n) is 17.5. The van der Waals surface area contributed by atoms with Crippen molar-refractivity contribution in [3.63, 3.8) is 0 Å². The fourth-order valence-corrected chi connectivity index (χ4v) is 3.26. The molecule has 0 saturated carbocycles. The van der Waals surface area contributed by atoms with Crippen molar-refractivity contribution in [2.75, 3.05) is 13.7 Å². The Hall–Kier alpha value is -1.48. The zero-order valence-corrected chi connectivity index (χ0v) is 17.5. The molecule has 1 unspecified atom stereocenters. The fraction of sp³-hybridized carbons (Fsp3) is 0.667. The summed E-state index contributed by atoms with van der Waals surface area (Å²) in [6.45, 7) is 6.33. The second-order valence-corrected chi connectivity index (χ2v) is 7.41. The quantitative estimate of drug-likeness (QED) is 0.250. The van der Waals surface area contributed by atoms with Gasteiger partial charge in [0.1, 0.15) is 6.61 Å². The van der Waals surface area contributed by atoms with Crippen molar-refractivity contribution in [2.24, 2.45) is 0 Å². The molecule has 1 atom stereocenters. The van der Waals surface area contributed by atoms with Crippen LogP contribution in [0.3, 0.4) is 0 Å². The number of aliphatic hydroxyl groups excluding tert-OH is 1. The molecule has 0 aromatic heterocycles. The van der Waals surface area contributed by atoms with E-state index in [0.29, 0.717) is 18.1 Å². The van der Waals surface area contributed by atoms with Crippen molar-refractivity contribution < 1.29 is 14.6 Å². The van der Waals surface area contributed by atoms with E-state index in [1.807, 2.05) is 24.3 Å². The van der Waals surface area contributed by atoms with E-state index in [1.165, 1.54) is 57.8 Å². The molecule has 1 N–H and O–H groups in total. The summed E-state index contributed by atoms with van der Waals surface area (Å²) in [6, 6.07) is 5.88. The van der Waals surface area contributed by atoms with E-state index < -0.39 is 6.10 Å². The fourth-order valence-electron chi connectivity index (χ4n) is 3.26. The number of unbranched alkanes of at least 4 members (excludes halogenated alkanes) is 9. The standard InChI is InChI=1S/C24H40O3/c1-4-6-7-8-9-10-11-12-13-14-16-22(25)20-27-23-18-17-21(15-5-2)19-24(23)26-3/h5,17-19,22,25H,2,4,6-16,20H2,1,3H3. The summed E-state index contributed by atoms with van der Waals surface area (Å²) >= 11 is 0. The summed E-state index contributed by atoms with van der Waals surface area (Å²) in [7, 11) is 1.64. The van der Waals surface area contributed by atoms with Crippen LogP contribution in [-0.2, 0) is 6.42 Å². The third-order valence-corrected chi connectivity index (χ3v) is 4.93. The van der Waals surface area contributed by atoms with Crippen molar-refractivity contribution in [1.29, 1.82) is 0 Å². The van der Waals surface area contributed by atoms with Gasteiger partial charge < -0.3 is 14.6 Å². The van der Waals surface area contributed by atoms with Gasteiger partial charge in [-0.1, -0.05) is 83.3 Å². The Morgan fingerprint density at radius 3 is 2.19 bits per heavy atom.